The summed E-state index contributed by atoms with van der Waals surface area (Å²) in [6.07, 6.45) is 1.88. The van der Waals surface area contributed by atoms with Crippen LogP contribution in [0.15, 0.2) is 65.7 Å². The smallest absolute Gasteiger partial charge is 0.191 e. The number of fused-ring (bicyclic) bond motifs is 1. The lowest BCUT2D eigenvalue weighted by molar-refractivity contribution is 0.177. The van der Waals surface area contributed by atoms with Gasteiger partial charge in [0.2, 0.25) is 0 Å². The van der Waals surface area contributed by atoms with Crippen LogP contribution in [0.3, 0.4) is 0 Å². The summed E-state index contributed by atoms with van der Waals surface area (Å²) >= 11 is 0. The number of hydrogen-bond donors (Lipinski definition) is 2. The minimum atomic E-state index is 0. The number of halogens is 1. The zero-order valence-corrected chi connectivity index (χ0v) is 20.9. The van der Waals surface area contributed by atoms with Gasteiger partial charge in [0, 0.05) is 39.1 Å². The second-order valence-electron chi connectivity index (χ2n) is 7.77. The number of methoxy groups -OCH3 is 1. The number of hydrogen-bond acceptors (Lipinski definition) is 4. The van der Waals surface area contributed by atoms with Crippen molar-refractivity contribution in [3.05, 3.63) is 83.4 Å². The summed E-state index contributed by atoms with van der Waals surface area (Å²) in [5.41, 5.74) is 2.57. The summed E-state index contributed by atoms with van der Waals surface area (Å²) in [5.74, 6) is 2.82. The average Bonchev–Trinajstić information content (AvgIpc) is 3.22. The van der Waals surface area contributed by atoms with Crippen molar-refractivity contribution in [1.82, 2.24) is 25.4 Å². The number of aliphatic imine (C=N–C) groups is 1. The highest BCUT2D eigenvalue weighted by atomic mass is 127. The maximum absolute atomic E-state index is 5.16. The molecule has 4 rings (SSSR count). The predicted octanol–water partition coefficient (Wildman–Crippen LogP) is 3.35. The highest BCUT2D eigenvalue weighted by Crippen LogP contribution is 2.23. The van der Waals surface area contributed by atoms with Crippen molar-refractivity contribution in [1.29, 1.82) is 0 Å². The van der Waals surface area contributed by atoms with E-state index in [1.165, 1.54) is 11.1 Å². The number of guanidine groups is 1. The number of ether oxygens (including phenoxy) is 1. The third kappa shape index (κ3) is 6.07. The maximum atomic E-state index is 5.16. The van der Waals surface area contributed by atoms with Gasteiger partial charge in [-0.25, -0.2) is 9.67 Å². The van der Waals surface area contributed by atoms with Crippen molar-refractivity contribution in [2.75, 3.05) is 20.7 Å². The highest BCUT2D eigenvalue weighted by molar-refractivity contribution is 14.0. The number of aromatic nitrogens is 3. The Morgan fingerprint density at radius 3 is 2.38 bits per heavy atom. The predicted molar refractivity (Wildman–Crippen MR) is 137 cm³/mol. The van der Waals surface area contributed by atoms with E-state index in [-0.39, 0.29) is 35.9 Å². The quantitative estimate of drug-likeness (QED) is 0.270. The van der Waals surface area contributed by atoms with Gasteiger partial charge in [-0.2, -0.15) is 5.10 Å². The zero-order valence-electron chi connectivity index (χ0n) is 18.6. The van der Waals surface area contributed by atoms with Crippen molar-refractivity contribution in [3.63, 3.8) is 0 Å². The lowest BCUT2D eigenvalue weighted by atomic mass is 9.91. The lowest BCUT2D eigenvalue weighted by Crippen LogP contribution is -2.48. The molecule has 0 amide bonds. The first kappa shape index (κ1) is 24.2. The SMILES string of the molecule is CN=C(NCC(c1ccccc1)c1ccccc1)NC1CCc2nc(COC)nn2C1.I. The first-order valence-electron chi connectivity index (χ1n) is 10.8. The average molecular weight is 546 g/mol. The van der Waals surface area contributed by atoms with Crippen LogP contribution in [0.4, 0.5) is 0 Å². The molecule has 32 heavy (non-hydrogen) atoms. The second kappa shape index (κ2) is 12.0. The Morgan fingerprint density at radius 2 is 1.78 bits per heavy atom. The van der Waals surface area contributed by atoms with Crippen LogP contribution < -0.4 is 10.6 Å². The minimum absolute atomic E-state index is 0. The van der Waals surface area contributed by atoms with Gasteiger partial charge in [0.05, 0.1) is 6.54 Å². The van der Waals surface area contributed by atoms with Crippen LogP contribution in [0.2, 0.25) is 0 Å². The van der Waals surface area contributed by atoms with Crippen LogP contribution in [0.5, 0.6) is 0 Å². The largest absolute Gasteiger partial charge is 0.377 e. The van der Waals surface area contributed by atoms with E-state index in [9.17, 15) is 0 Å². The molecule has 0 saturated carbocycles. The summed E-state index contributed by atoms with van der Waals surface area (Å²) in [6.45, 7) is 1.97. The van der Waals surface area contributed by atoms with E-state index in [1.807, 2.05) is 11.7 Å². The van der Waals surface area contributed by atoms with Crippen molar-refractivity contribution < 1.29 is 4.74 Å². The first-order valence-corrected chi connectivity index (χ1v) is 10.8. The molecule has 1 aliphatic rings. The van der Waals surface area contributed by atoms with Crippen molar-refractivity contribution in [3.8, 4) is 0 Å². The van der Waals surface area contributed by atoms with E-state index in [0.717, 1.165) is 43.5 Å². The van der Waals surface area contributed by atoms with E-state index in [1.54, 1.807) is 7.11 Å². The van der Waals surface area contributed by atoms with Gasteiger partial charge in [0.1, 0.15) is 12.4 Å². The Kier molecular flexibility index (Phi) is 9.04. The third-order valence-electron chi connectivity index (χ3n) is 5.62. The number of aryl methyl sites for hydroxylation is 1. The summed E-state index contributed by atoms with van der Waals surface area (Å²) < 4.78 is 7.14. The van der Waals surface area contributed by atoms with Crippen LogP contribution in [-0.2, 0) is 24.3 Å². The Morgan fingerprint density at radius 1 is 1.12 bits per heavy atom. The number of nitrogens with one attached hydrogen (secondary N) is 2. The molecule has 0 saturated heterocycles. The van der Waals surface area contributed by atoms with Gasteiger partial charge in [-0.3, -0.25) is 4.99 Å². The molecule has 0 spiro atoms. The summed E-state index contributed by atoms with van der Waals surface area (Å²) in [4.78, 5) is 9.02. The monoisotopic (exact) mass is 546 g/mol. The van der Waals surface area contributed by atoms with E-state index < -0.39 is 0 Å². The number of benzene rings is 2. The van der Waals surface area contributed by atoms with E-state index in [2.05, 4.69) is 86.4 Å². The van der Waals surface area contributed by atoms with E-state index >= 15 is 0 Å². The standard InChI is InChI=1S/C24H30N6O.HI/c1-25-24(27-20-13-14-23-28-22(17-31-2)29-30(23)16-20)26-15-21(18-9-5-3-6-10-18)19-11-7-4-8-12-19;/h3-12,20-21H,13-17H2,1-2H3,(H2,25,26,27);1H. The van der Waals surface area contributed by atoms with Gasteiger partial charge in [0.15, 0.2) is 11.8 Å². The van der Waals surface area contributed by atoms with Gasteiger partial charge in [-0.1, -0.05) is 60.7 Å². The molecule has 1 aromatic heterocycles. The molecular formula is C24H31IN6O. The first-order chi connectivity index (χ1) is 15.3. The fraction of sp³-hybridized carbons (Fsp3) is 0.375. The fourth-order valence-corrected chi connectivity index (χ4v) is 4.05. The normalized spacial score (nSPS) is 15.7. The molecule has 0 bridgehead atoms. The third-order valence-corrected chi connectivity index (χ3v) is 5.62. The minimum Gasteiger partial charge on any atom is -0.377 e. The Balaban J connectivity index is 0.00000289. The zero-order chi connectivity index (χ0) is 21.5. The van der Waals surface area contributed by atoms with Crippen molar-refractivity contribution in [2.24, 2.45) is 4.99 Å². The van der Waals surface area contributed by atoms with E-state index in [0.29, 0.717) is 6.61 Å². The molecule has 1 atom stereocenters. The van der Waals surface area contributed by atoms with Crippen LogP contribution in [-0.4, -0.2) is 47.5 Å². The molecule has 0 aliphatic carbocycles. The van der Waals surface area contributed by atoms with Crippen LogP contribution in [0, 0.1) is 0 Å². The van der Waals surface area contributed by atoms with Gasteiger partial charge in [-0.05, 0) is 17.5 Å². The highest BCUT2D eigenvalue weighted by Gasteiger charge is 2.23. The molecule has 3 aromatic rings. The molecule has 0 radical (unpaired) electrons. The van der Waals surface area contributed by atoms with Crippen LogP contribution in [0.1, 0.15) is 35.1 Å². The van der Waals surface area contributed by atoms with Crippen LogP contribution >= 0.6 is 24.0 Å². The van der Waals surface area contributed by atoms with Gasteiger partial charge in [0.25, 0.3) is 0 Å². The Labute approximate surface area is 206 Å². The summed E-state index contributed by atoms with van der Waals surface area (Å²) in [5, 5.41) is 11.7. The number of nitrogens with zero attached hydrogens (tertiary/aromatic N) is 4. The molecule has 2 N–H and O–H groups in total. The topological polar surface area (TPSA) is 76.4 Å². The Bertz CT molecular complexity index is 953. The summed E-state index contributed by atoms with van der Waals surface area (Å²) in [6, 6.07) is 21.5. The molecule has 170 valence electrons. The molecule has 7 nitrogen and oxygen atoms in total. The molecule has 2 aromatic carbocycles. The van der Waals surface area contributed by atoms with Gasteiger partial charge >= 0.3 is 0 Å². The molecule has 1 aliphatic heterocycles. The van der Waals surface area contributed by atoms with E-state index in [4.69, 9.17) is 4.74 Å². The van der Waals surface area contributed by atoms with Gasteiger partial charge in [-0.15, -0.1) is 24.0 Å². The van der Waals surface area contributed by atoms with Gasteiger partial charge < -0.3 is 15.4 Å². The fourth-order valence-electron chi connectivity index (χ4n) is 4.05. The molecule has 8 heteroatoms. The molecule has 0 fully saturated rings. The van der Waals surface area contributed by atoms with Crippen molar-refractivity contribution >= 4 is 29.9 Å². The lowest BCUT2D eigenvalue weighted by Gasteiger charge is -2.26. The summed E-state index contributed by atoms with van der Waals surface area (Å²) in [7, 11) is 3.48. The Hall–Kier alpha value is -2.46. The molecule has 1 unspecified atom stereocenters. The molecular weight excluding hydrogens is 515 g/mol. The van der Waals surface area contributed by atoms with Crippen LogP contribution in [0.25, 0.3) is 0 Å². The second-order valence-corrected chi connectivity index (χ2v) is 7.77. The maximum Gasteiger partial charge on any atom is 0.191 e. The number of rotatable bonds is 7. The molecule has 2 heterocycles. The van der Waals surface area contributed by atoms with Crippen molar-refractivity contribution in [2.45, 2.75) is 38.0 Å².